The first-order valence-corrected chi connectivity index (χ1v) is 3.68. The maximum Gasteiger partial charge on any atom is 0.0646 e. The fourth-order valence-electron chi connectivity index (χ4n) is 0.713. The SMILES string of the molecule is CC(C)C#Cc1cnn(C)c1. The van der Waals surface area contributed by atoms with Gasteiger partial charge < -0.3 is 0 Å². The Morgan fingerprint density at radius 2 is 2.27 bits per heavy atom. The van der Waals surface area contributed by atoms with E-state index >= 15 is 0 Å². The van der Waals surface area contributed by atoms with E-state index < -0.39 is 0 Å². The van der Waals surface area contributed by atoms with Gasteiger partial charge in [0.25, 0.3) is 0 Å². The van der Waals surface area contributed by atoms with E-state index in [1.165, 1.54) is 0 Å². The van der Waals surface area contributed by atoms with Crippen LogP contribution in [0.25, 0.3) is 0 Å². The van der Waals surface area contributed by atoms with E-state index in [1.807, 2.05) is 13.2 Å². The van der Waals surface area contributed by atoms with Crippen molar-refractivity contribution in [3.05, 3.63) is 18.0 Å². The van der Waals surface area contributed by atoms with Crippen molar-refractivity contribution >= 4 is 0 Å². The first-order valence-electron chi connectivity index (χ1n) is 3.68. The summed E-state index contributed by atoms with van der Waals surface area (Å²) in [6, 6.07) is 0. The molecule has 0 fully saturated rings. The molecule has 0 radical (unpaired) electrons. The van der Waals surface area contributed by atoms with Crippen LogP contribution in [0.2, 0.25) is 0 Å². The van der Waals surface area contributed by atoms with Crippen molar-refractivity contribution in [3.8, 4) is 11.8 Å². The number of aromatic nitrogens is 2. The predicted octanol–water partition coefficient (Wildman–Crippen LogP) is 1.43. The fourth-order valence-corrected chi connectivity index (χ4v) is 0.713. The number of rotatable bonds is 0. The Kier molecular flexibility index (Phi) is 2.32. The topological polar surface area (TPSA) is 17.8 Å². The van der Waals surface area contributed by atoms with Crippen LogP contribution in [0.15, 0.2) is 12.4 Å². The second-order valence-electron chi connectivity index (χ2n) is 2.83. The normalized spacial score (nSPS) is 9.45. The van der Waals surface area contributed by atoms with Gasteiger partial charge in [0, 0.05) is 19.2 Å². The Morgan fingerprint density at radius 3 is 2.73 bits per heavy atom. The molecular formula is C9H12N2. The van der Waals surface area contributed by atoms with Gasteiger partial charge in [0.2, 0.25) is 0 Å². The quantitative estimate of drug-likeness (QED) is 0.509. The van der Waals surface area contributed by atoms with E-state index in [4.69, 9.17) is 0 Å². The molecule has 0 aromatic carbocycles. The molecule has 0 spiro atoms. The molecule has 0 saturated carbocycles. The van der Waals surface area contributed by atoms with Crippen LogP contribution in [0.4, 0.5) is 0 Å². The summed E-state index contributed by atoms with van der Waals surface area (Å²) in [7, 11) is 1.89. The third kappa shape index (κ3) is 2.46. The molecule has 0 bridgehead atoms. The highest BCUT2D eigenvalue weighted by Crippen LogP contribution is 1.94. The lowest BCUT2D eigenvalue weighted by molar-refractivity contribution is 0.767. The molecule has 1 aromatic heterocycles. The van der Waals surface area contributed by atoms with Crippen molar-refractivity contribution in [3.63, 3.8) is 0 Å². The molecular weight excluding hydrogens is 136 g/mol. The monoisotopic (exact) mass is 148 g/mol. The van der Waals surface area contributed by atoms with Gasteiger partial charge in [-0.2, -0.15) is 5.10 Å². The van der Waals surface area contributed by atoms with Crippen molar-refractivity contribution in [1.29, 1.82) is 0 Å². The van der Waals surface area contributed by atoms with Gasteiger partial charge in [-0.25, -0.2) is 0 Å². The zero-order chi connectivity index (χ0) is 8.27. The minimum atomic E-state index is 0.426. The summed E-state index contributed by atoms with van der Waals surface area (Å²) in [6.45, 7) is 4.15. The Labute approximate surface area is 67.2 Å². The van der Waals surface area contributed by atoms with Crippen molar-refractivity contribution in [2.45, 2.75) is 13.8 Å². The number of hydrogen-bond acceptors (Lipinski definition) is 1. The molecule has 1 heterocycles. The molecule has 0 aliphatic carbocycles. The van der Waals surface area contributed by atoms with Gasteiger partial charge in [-0.1, -0.05) is 25.7 Å². The Bertz CT molecular complexity index is 286. The molecule has 0 N–H and O–H groups in total. The Morgan fingerprint density at radius 1 is 1.55 bits per heavy atom. The minimum absolute atomic E-state index is 0.426. The van der Waals surface area contributed by atoms with Crippen molar-refractivity contribution in [2.75, 3.05) is 0 Å². The summed E-state index contributed by atoms with van der Waals surface area (Å²) in [6.07, 6.45) is 3.69. The number of hydrogen-bond donors (Lipinski definition) is 0. The van der Waals surface area contributed by atoms with Gasteiger partial charge in [0.15, 0.2) is 0 Å². The highest BCUT2D eigenvalue weighted by atomic mass is 15.2. The predicted molar refractivity (Wildman–Crippen MR) is 44.9 cm³/mol. The lowest BCUT2D eigenvalue weighted by atomic mass is 10.2. The second kappa shape index (κ2) is 3.25. The molecule has 58 valence electrons. The van der Waals surface area contributed by atoms with Crippen LogP contribution in [0, 0.1) is 17.8 Å². The second-order valence-corrected chi connectivity index (χ2v) is 2.83. The van der Waals surface area contributed by atoms with E-state index in [-0.39, 0.29) is 0 Å². The fraction of sp³-hybridized carbons (Fsp3) is 0.444. The number of aryl methyl sites for hydroxylation is 1. The minimum Gasteiger partial charge on any atom is -0.275 e. The molecule has 2 nitrogen and oxygen atoms in total. The van der Waals surface area contributed by atoms with Gasteiger partial charge in [0.05, 0.1) is 11.8 Å². The van der Waals surface area contributed by atoms with Gasteiger partial charge in [-0.05, 0) is 0 Å². The summed E-state index contributed by atoms with van der Waals surface area (Å²) >= 11 is 0. The molecule has 11 heavy (non-hydrogen) atoms. The summed E-state index contributed by atoms with van der Waals surface area (Å²) in [5, 5.41) is 4.01. The van der Waals surface area contributed by atoms with Crippen LogP contribution < -0.4 is 0 Å². The van der Waals surface area contributed by atoms with Crippen molar-refractivity contribution in [1.82, 2.24) is 9.78 Å². The molecule has 0 atom stereocenters. The zero-order valence-electron chi connectivity index (χ0n) is 7.13. The number of nitrogens with zero attached hydrogens (tertiary/aromatic N) is 2. The Balaban J connectivity index is 2.74. The summed E-state index contributed by atoms with van der Waals surface area (Å²) in [4.78, 5) is 0. The summed E-state index contributed by atoms with van der Waals surface area (Å²) in [5.74, 6) is 6.53. The first kappa shape index (κ1) is 7.87. The maximum absolute atomic E-state index is 4.01. The van der Waals surface area contributed by atoms with Crippen LogP contribution in [0.5, 0.6) is 0 Å². The van der Waals surface area contributed by atoms with Gasteiger partial charge in [0.1, 0.15) is 0 Å². The zero-order valence-corrected chi connectivity index (χ0v) is 7.13. The molecule has 0 aliphatic rings. The van der Waals surface area contributed by atoms with Crippen LogP contribution in [-0.4, -0.2) is 9.78 Å². The summed E-state index contributed by atoms with van der Waals surface area (Å²) < 4.78 is 1.75. The van der Waals surface area contributed by atoms with Crippen LogP contribution in [-0.2, 0) is 7.05 Å². The van der Waals surface area contributed by atoms with E-state index in [1.54, 1.807) is 10.9 Å². The van der Waals surface area contributed by atoms with Crippen LogP contribution >= 0.6 is 0 Å². The average Bonchev–Trinajstić information content (AvgIpc) is 2.31. The van der Waals surface area contributed by atoms with Gasteiger partial charge >= 0.3 is 0 Å². The molecule has 0 aliphatic heterocycles. The molecule has 0 saturated heterocycles. The van der Waals surface area contributed by atoms with E-state index in [2.05, 4.69) is 30.8 Å². The third-order valence-electron chi connectivity index (χ3n) is 1.21. The van der Waals surface area contributed by atoms with E-state index in [0.717, 1.165) is 5.56 Å². The third-order valence-corrected chi connectivity index (χ3v) is 1.21. The molecule has 1 rings (SSSR count). The highest BCUT2D eigenvalue weighted by Gasteiger charge is 1.88. The highest BCUT2D eigenvalue weighted by molar-refractivity contribution is 5.29. The lowest BCUT2D eigenvalue weighted by Gasteiger charge is -1.85. The Hall–Kier alpha value is -1.23. The van der Waals surface area contributed by atoms with Gasteiger partial charge in [-0.3, -0.25) is 4.68 Å². The maximum atomic E-state index is 4.01. The van der Waals surface area contributed by atoms with Crippen molar-refractivity contribution in [2.24, 2.45) is 13.0 Å². The van der Waals surface area contributed by atoms with Crippen LogP contribution in [0.1, 0.15) is 19.4 Å². The van der Waals surface area contributed by atoms with E-state index in [0.29, 0.717) is 5.92 Å². The smallest absolute Gasteiger partial charge is 0.0646 e. The molecule has 1 aromatic rings. The molecule has 2 heteroatoms. The van der Waals surface area contributed by atoms with E-state index in [9.17, 15) is 0 Å². The molecule has 0 unspecified atom stereocenters. The standard InChI is InChI=1S/C9H12N2/c1-8(2)4-5-9-6-10-11(3)7-9/h6-8H,1-3H3. The van der Waals surface area contributed by atoms with Gasteiger partial charge in [-0.15, -0.1) is 0 Å². The first-order chi connectivity index (χ1) is 5.18. The average molecular weight is 148 g/mol. The lowest BCUT2D eigenvalue weighted by Crippen LogP contribution is -1.84. The molecule has 0 amide bonds. The largest absolute Gasteiger partial charge is 0.275 e. The van der Waals surface area contributed by atoms with Crippen LogP contribution in [0.3, 0.4) is 0 Å². The summed E-state index contributed by atoms with van der Waals surface area (Å²) in [5.41, 5.74) is 0.987. The van der Waals surface area contributed by atoms with Crippen molar-refractivity contribution < 1.29 is 0 Å².